The number of anilines is 2. The summed E-state index contributed by atoms with van der Waals surface area (Å²) in [5, 5.41) is 2.74. The van der Waals surface area contributed by atoms with Gasteiger partial charge in [-0.1, -0.05) is 0 Å². The lowest BCUT2D eigenvalue weighted by Crippen LogP contribution is -2.29. The summed E-state index contributed by atoms with van der Waals surface area (Å²) in [5.74, 6) is -3.03. The highest BCUT2D eigenvalue weighted by Crippen LogP contribution is 2.28. The van der Waals surface area contributed by atoms with Crippen LogP contribution in [0.2, 0.25) is 0 Å². The van der Waals surface area contributed by atoms with Gasteiger partial charge in [0.05, 0.1) is 11.6 Å². The SMILES string of the molecule is O=C(Nc1ccc(C(=O)N2CCCC2)cc1)C1CC(=O)N(c2ccc(F)cc2F)C1. The maximum atomic E-state index is 14.0. The molecule has 2 heterocycles. The van der Waals surface area contributed by atoms with E-state index < -0.39 is 23.5 Å². The minimum atomic E-state index is -0.845. The van der Waals surface area contributed by atoms with Crippen molar-refractivity contribution in [3.8, 4) is 0 Å². The lowest BCUT2D eigenvalue weighted by atomic mass is 10.1. The fourth-order valence-corrected chi connectivity index (χ4v) is 3.86. The topological polar surface area (TPSA) is 69.7 Å². The molecule has 0 radical (unpaired) electrons. The summed E-state index contributed by atoms with van der Waals surface area (Å²) in [4.78, 5) is 40.2. The van der Waals surface area contributed by atoms with E-state index in [0.29, 0.717) is 17.3 Å². The van der Waals surface area contributed by atoms with Crippen LogP contribution in [0.25, 0.3) is 0 Å². The molecule has 6 nitrogen and oxygen atoms in total. The fourth-order valence-electron chi connectivity index (χ4n) is 3.86. The van der Waals surface area contributed by atoms with Gasteiger partial charge in [0.2, 0.25) is 11.8 Å². The summed E-state index contributed by atoms with van der Waals surface area (Å²) in [7, 11) is 0. The van der Waals surface area contributed by atoms with E-state index in [1.807, 2.05) is 0 Å². The van der Waals surface area contributed by atoms with Gasteiger partial charge < -0.3 is 15.1 Å². The van der Waals surface area contributed by atoms with Crippen LogP contribution in [0.5, 0.6) is 0 Å². The van der Waals surface area contributed by atoms with Crippen LogP contribution in [0.4, 0.5) is 20.2 Å². The zero-order chi connectivity index (χ0) is 21.3. The van der Waals surface area contributed by atoms with Gasteiger partial charge >= 0.3 is 0 Å². The number of halogens is 2. The first kappa shape index (κ1) is 20.0. The quantitative estimate of drug-likeness (QED) is 0.837. The van der Waals surface area contributed by atoms with Gasteiger partial charge in [-0.2, -0.15) is 0 Å². The van der Waals surface area contributed by atoms with Gasteiger partial charge in [-0.05, 0) is 49.2 Å². The van der Waals surface area contributed by atoms with Crippen LogP contribution in [0.3, 0.4) is 0 Å². The second-order valence-corrected chi connectivity index (χ2v) is 7.57. The van der Waals surface area contributed by atoms with E-state index in [9.17, 15) is 23.2 Å². The Kier molecular flexibility index (Phi) is 5.48. The van der Waals surface area contributed by atoms with Crippen LogP contribution in [0.1, 0.15) is 29.6 Å². The molecule has 3 amide bonds. The number of carbonyl (C=O) groups is 3. The minimum Gasteiger partial charge on any atom is -0.339 e. The van der Waals surface area contributed by atoms with Gasteiger partial charge in [0.25, 0.3) is 5.91 Å². The molecular formula is C22H21F2N3O3. The van der Waals surface area contributed by atoms with Gasteiger partial charge in [0.15, 0.2) is 0 Å². The van der Waals surface area contributed by atoms with Gasteiger partial charge in [0.1, 0.15) is 11.6 Å². The molecule has 1 atom stereocenters. The van der Waals surface area contributed by atoms with Crippen molar-refractivity contribution in [1.82, 2.24) is 4.90 Å². The number of benzene rings is 2. The van der Waals surface area contributed by atoms with Crippen LogP contribution in [-0.2, 0) is 9.59 Å². The average Bonchev–Trinajstić information content (AvgIpc) is 3.38. The van der Waals surface area contributed by atoms with Crippen LogP contribution >= 0.6 is 0 Å². The molecule has 0 bridgehead atoms. The number of hydrogen-bond acceptors (Lipinski definition) is 3. The smallest absolute Gasteiger partial charge is 0.253 e. The van der Waals surface area contributed by atoms with Crippen LogP contribution in [0, 0.1) is 17.6 Å². The first-order valence-corrected chi connectivity index (χ1v) is 9.88. The highest BCUT2D eigenvalue weighted by Gasteiger charge is 2.36. The highest BCUT2D eigenvalue weighted by molar-refractivity contribution is 6.03. The lowest BCUT2D eigenvalue weighted by molar-refractivity contribution is -0.122. The third kappa shape index (κ3) is 4.03. The van der Waals surface area contributed by atoms with E-state index in [1.165, 1.54) is 6.07 Å². The minimum absolute atomic E-state index is 0.0126. The summed E-state index contributed by atoms with van der Waals surface area (Å²) in [6, 6.07) is 9.60. The maximum Gasteiger partial charge on any atom is 0.253 e. The predicted octanol–water partition coefficient (Wildman–Crippen LogP) is 3.19. The Morgan fingerprint density at radius 2 is 1.70 bits per heavy atom. The molecule has 2 aromatic rings. The molecular weight excluding hydrogens is 392 g/mol. The Morgan fingerprint density at radius 3 is 2.37 bits per heavy atom. The summed E-state index contributed by atoms with van der Waals surface area (Å²) in [5.41, 5.74) is 1.03. The number of likely N-dealkylation sites (tertiary alicyclic amines) is 1. The molecule has 2 aliphatic rings. The second-order valence-electron chi connectivity index (χ2n) is 7.57. The van der Waals surface area contributed by atoms with Crippen LogP contribution < -0.4 is 10.2 Å². The first-order valence-electron chi connectivity index (χ1n) is 9.88. The normalized spacial score (nSPS) is 18.7. The van der Waals surface area contributed by atoms with Crippen molar-refractivity contribution >= 4 is 29.1 Å². The maximum absolute atomic E-state index is 14.0. The summed E-state index contributed by atoms with van der Waals surface area (Å²) in [6.45, 7) is 1.54. The molecule has 2 saturated heterocycles. The van der Waals surface area contributed by atoms with Crippen LogP contribution in [0.15, 0.2) is 42.5 Å². The molecule has 1 unspecified atom stereocenters. The molecule has 4 rings (SSSR count). The number of amides is 3. The molecule has 2 aromatic carbocycles. The molecule has 1 N–H and O–H groups in total. The van der Waals surface area contributed by atoms with Crippen molar-refractivity contribution in [2.45, 2.75) is 19.3 Å². The molecule has 0 spiro atoms. The van der Waals surface area contributed by atoms with E-state index in [0.717, 1.165) is 36.9 Å². The largest absolute Gasteiger partial charge is 0.339 e. The third-order valence-electron chi connectivity index (χ3n) is 5.49. The number of hydrogen-bond donors (Lipinski definition) is 1. The van der Waals surface area contributed by atoms with E-state index >= 15 is 0 Å². The molecule has 0 aliphatic carbocycles. The van der Waals surface area contributed by atoms with Gasteiger partial charge in [-0.3, -0.25) is 14.4 Å². The number of nitrogens with zero attached hydrogens (tertiary/aromatic N) is 2. The predicted molar refractivity (Wildman–Crippen MR) is 107 cm³/mol. The summed E-state index contributed by atoms with van der Waals surface area (Å²) >= 11 is 0. The summed E-state index contributed by atoms with van der Waals surface area (Å²) in [6.07, 6.45) is 1.96. The summed E-state index contributed by atoms with van der Waals surface area (Å²) < 4.78 is 27.1. The molecule has 0 aromatic heterocycles. The Bertz CT molecular complexity index is 988. The van der Waals surface area contributed by atoms with Gasteiger partial charge in [-0.25, -0.2) is 8.78 Å². The third-order valence-corrected chi connectivity index (χ3v) is 5.49. The standard InChI is InChI=1S/C22H21F2N3O3/c23-16-5-8-19(18(24)12-16)27-13-15(11-20(27)28)21(29)25-17-6-3-14(4-7-17)22(30)26-9-1-2-10-26/h3-8,12,15H,1-2,9-11,13H2,(H,25,29). The number of carbonyl (C=O) groups excluding carboxylic acids is 3. The Labute approximate surface area is 172 Å². The number of nitrogens with one attached hydrogen (secondary N) is 1. The van der Waals surface area contributed by atoms with E-state index in [4.69, 9.17) is 0 Å². The van der Waals surface area contributed by atoms with Crippen molar-refractivity contribution in [3.63, 3.8) is 0 Å². The molecule has 2 aliphatic heterocycles. The highest BCUT2D eigenvalue weighted by atomic mass is 19.1. The fraction of sp³-hybridized carbons (Fsp3) is 0.318. The van der Waals surface area contributed by atoms with Crippen molar-refractivity contribution in [1.29, 1.82) is 0 Å². The van der Waals surface area contributed by atoms with Crippen LogP contribution in [-0.4, -0.2) is 42.3 Å². The van der Waals surface area contributed by atoms with Crippen molar-refractivity contribution in [2.24, 2.45) is 5.92 Å². The molecule has 156 valence electrons. The number of rotatable bonds is 4. The van der Waals surface area contributed by atoms with Crippen molar-refractivity contribution in [3.05, 3.63) is 59.7 Å². The lowest BCUT2D eigenvalue weighted by Gasteiger charge is -2.17. The molecule has 30 heavy (non-hydrogen) atoms. The monoisotopic (exact) mass is 413 g/mol. The molecule has 2 fully saturated rings. The van der Waals surface area contributed by atoms with E-state index in [-0.39, 0.29) is 30.5 Å². The average molecular weight is 413 g/mol. The van der Waals surface area contributed by atoms with E-state index in [1.54, 1.807) is 29.2 Å². The second kappa shape index (κ2) is 8.22. The van der Waals surface area contributed by atoms with Crippen molar-refractivity contribution < 1.29 is 23.2 Å². The van der Waals surface area contributed by atoms with Gasteiger partial charge in [-0.15, -0.1) is 0 Å². The van der Waals surface area contributed by atoms with Crippen molar-refractivity contribution in [2.75, 3.05) is 29.9 Å². The zero-order valence-corrected chi connectivity index (χ0v) is 16.2. The molecule has 8 heteroatoms. The van der Waals surface area contributed by atoms with Gasteiger partial charge in [0, 0.05) is 43.4 Å². The Hall–Kier alpha value is -3.29. The zero-order valence-electron chi connectivity index (χ0n) is 16.2. The Balaban J connectivity index is 1.39. The first-order chi connectivity index (χ1) is 14.4. The molecule has 0 saturated carbocycles. The Morgan fingerprint density at radius 1 is 1.00 bits per heavy atom. The van der Waals surface area contributed by atoms with E-state index in [2.05, 4.69) is 5.32 Å².